The van der Waals surface area contributed by atoms with Crippen LogP contribution in [-0.2, 0) is 0 Å². The SMILES string of the molecule is C1CCNCC1.CC(C)C.CC(C)C.CCCN1CCNCC1. The van der Waals surface area contributed by atoms with Crippen molar-refractivity contribution in [3.63, 3.8) is 0 Å². The van der Waals surface area contributed by atoms with Crippen molar-refractivity contribution in [2.24, 2.45) is 11.8 Å². The standard InChI is InChI=1S/C7H16N2.C5H11N.2C4H10/c1-2-5-9-6-3-8-4-7-9;1-2-4-6-5-3-1;2*1-4(2)3/h8H,2-7H2,1H3;6H,1-5H2;2*4H,1-3H3. The zero-order valence-electron chi connectivity index (χ0n) is 17.4. The van der Waals surface area contributed by atoms with Gasteiger partial charge in [-0.25, -0.2) is 0 Å². The van der Waals surface area contributed by atoms with E-state index in [4.69, 9.17) is 0 Å². The van der Waals surface area contributed by atoms with Crippen molar-refractivity contribution in [1.82, 2.24) is 15.5 Å². The molecule has 0 atom stereocenters. The minimum absolute atomic E-state index is 0.833. The molecule has 0 unspecified atom stereocenters. The van der Waals surface area contributed by atoms with E-state index in [1.165, 1.54) is 71.5 Å². The summed E-state index contributed by atoms with van der Waals surface area (Å²) in [7, 11) is 0. The maximum absolute atomic E-state index is 3.33. The summed E-state index contributed by atoms with van der Waals surface area (Å²) in [5.74, 6) is 1.67. The molecule has 0 aromatic carbocycles. The molecule has 3 heteroatoms. The monoisotopic (exact) mass is 329 g/mol. The number of hydrogen-bond acceptors (Lipinski definition) is 3. The lowest BCUT2D eigenvalue weighted by Crippen LogP contribution is -2.43. The summed E-state index contributed by atoms with van der Waals surface area (Å²) in [6, 6.07) is 0. The Hall–Kier alpha value is -0.120. The van der Waals surface area contributed by atoms with Crippen LogP contribution in [0.1, 0.15) is 74.1 Å². The largest absolute Gasteiger partial charge is 0.317 e. The van der Waals surface area contributed by atoms with Gasteiger partial charge < -0.3 is 15.5 Å². The van der Waals surface area contributed by atoms with Crippen LogP contribution in [0.4, 0.5) is 0 Å². The molecule has 2 aliphatic heterocycles. The fourth-order valence-corrected chi connectivity index (χ4v) is 2.05. The Bertz CT molecular complexity index is 169. The van der Waals surface area contributed by atoms with Crippen molar-refractivity contribution in [1.29, 1.82) is 0 Å². The molecule has 0 bridgehead atoms. The molecule has 0 amide bonds. The molecule has 0 radical (unpaired) electrons. The predicted octanol–water partition coefficient (Wildman–Crippen LogP) is 4.39. The Morgan fingerprint density at radius 2 is 1.09 bits per heavy atom. The molecular weight excluding hydrogens is 282 g/mol. The van der Waals surface area contributed by atoms with E-state index in [1.807, 2.05) is 0 Å². The van der Waals surface area contributed by atoms with Gasteiger partial charge in [0, 0.05) is 26.2 Å². The van der Waals surface area contributed by atoms with Crippen molar-refractivity contribution in [2.75, 3.05) is 45.8 Å². The fraction of sp³-hybridized carbons (Fsp3) is 1.00. The molecule has 2 N–H and O–H groups in total. The highest BCUT2D eigenvalue weighted by Crippen LogP contribution is 1.96. The molecule has 2 fully saturated rings. The van der Waals surface area contributed by atoms with E-state index in [9.17, 15) is 0 Å². The van der Waals surface area contributed by atoms with Gasteiger partial charge in [0.1, 0.15) is 0 Å². The second-order valence-corrected chi connectivity index (χ2v) is 7.87. The number of nitrogens with one attached hydrogen (secondary N) is 2. The summed E-state index contributed by atoms with van der Waals surface area (Å²) in [6.07, 6.45) is 5.51. The number of rotatable bonds is 2. The van der Waals surface area contributed by atoms with Crippen LogP contribution in [0.2, 0.25) is 0 Å². The van der Waals surface area contributed by atoms with Gasteiger partial charge in [-0.2, -0.15) is 0 Å². The summed E-state index contributed by atoms with van der Waals surface area (Å²) in [5, 5.41) is 6.62. The molecule has 0 saturated carbocycles. The third kappa shape index (κ3) is 30.3. The molecule has 2 rings (SSSR count). The fourth-order valence-electron chi connectivity index (χ4n) is 2.05. The van der Waals surface area contributed by atoms with E-state index in [-0.39, 0.29) is 0 Å². The van der Waals surface area contributed by atoms with Crippen LogP contribution in [0.15, 0.2) is 0 Å². The smallest absolute Gasteiger partial charge is 0.0107 e. The van der Waals surface area contributed by atoms with Crippen molar-refractivity contribution >= 4 is 0 Å². The summed E-state index contributed by atoms with van der Waals surface area (Å²) < 4.78 is 0. The summed E-state index contributed by atoms with van der Waals surface area (Å²) >= 11 is 0. The summed E-state index contributed by atoms with van der Waals surface area (Å²) in [4.78, 5) is 2.51. The van der Waals surface area contributed by atoms with Gasteiger partial charge in [0.05, 0.1) is 0 Å². The first-order valence-corrected chi connectivity index (χ1v) is 10.0. The number of hydrogen-bond donors (Lipinski definition) is 2. The molecule has 142 valence electrons. The zero-order valence-corrected chi connectivity index (χ0v) is 17.4. The Labute approximate surface area is 148 Å². The quantitative estimate of drug-likeness (QED) is 0.787. The second kappa shape index (κ2) is 19.9. The number of piperidine rings is 1. The Morgan fingerprint density at radius 1 is 0.696 bits per heavy atom. The van der Waals surface area contributed by atoms with Gasteiger partial charge in [0.25, 0.3) is 0 Å². The Kier molecular flexibility index (Phi) is 21.8. The van der Waals surface area contributed by atoms with Crippen LogP contribution in [-0.4, -0.2) is 50.7 Å². The Morgan fingerprint density at radius 3 is 1.35 bits per heavy atom. The average molecular weight is 330 g/mol. The number of piperazine rings is 1. The van der Waals surface area contributed by atoms with Crippen molar-refractivity contribution < 1.29 is 0 Å². The molecule has 2 aliphatic rings. The van der Waals surface area contributed by atoms with Gasteiger partial charge in [-0.3, -0.25) is 0 Å². The second-order valence-electron chi connectivity index (χ2n) is 7.87. The molecule has 0 spiro atoms. The minimum atomic E-state index is 0.833. The van der Waals surface area contributed by atoms with Crippen LogP contribution in [0.3, 0.4) is 0 Å². The highest BCUT2D eigenvalue weighted by molar-refractivity contribution is 4.66. The first-order valence-electron chi connectivity index (χ1n) is 10.0. The third-order valence-electron chi connectivity index (χ3n) is 2.96. The Balaban J connectivity index is 0. The maximum Gasteiger partial charge on any atom is 0.0107 e. The predicted molar refractivity (Wildman–Crippen MR) is 107 cm³/mol. The zero-order chi connectivity index (χ0) is 17.9. The molecule has 23 heavy (non-hydrogen) atoms. The molecule has 0 aliphatic carbocycles. The maximum atomic E-state index is 3.33. The first kappa shape index (κ1) is 25.1. The number of nitrogens with zero attached hydrogens (tertiary/aromatic N) is 1. The van der Waals surface area contributed by atoms with Crippen LogP contribution < -0.4 is 10.6 Å². The van der Waals surface area contributed by atoms with E-state index in [0.29, 0.717) is 0 Å². The van der Waals surface area contributed by atoms with Gasteiger partial charge in [0.2, 0.25) is 0 Å². The van der Waals surface area contributed by atoms with Crippen molar-refractivity contribution in [2.45, 2.75) is 74.1 Å². The van der Waals surface area contributed by atoms with E-state index in [2.05, 4.69) is 64.0 Å². The van der Waals surface area contributed by atoms with Crippen LogP contribution in [0.5, 0.6) is 0 Å². The normalized spacial score (nSPS) is 18.1. The highest BCUT2D eigenvalue weighted by Gasteiger charge is 2.06. The molecular formula is C20H47N3. The molecule has 0 aromatic rings. The third-order valence-corrected chi connectivity index (χ3v) is 2.96. The van der Waals surface area contributed by atoms with Gasteiger partial charge in [-0.1, -0.05) is 54.9 Å². The molecule has 2 heterocycles. The van der Waals surface area contributed by atoms with Gasteiger partial charge >= 0.3 is 0 Å². The topological polar surface area (TPSA) is 27.3 Å². The summed E-state index contributed by atoms with van der Waals surface area (Å²) in [5.41, 5.74) is 0. The van der Waals surface area contributed by atoms with E-state index >= 15 is 0 Å². The molecule has 0 aromatic heterocycles. The first-order chi connectivity index (χ1) is 10.9. The highest BCUT2D eigenvalue weighted by atomic mass is 15.2. The van der Waals surface area contributed by atoms with Crippen molar-refractivity contribution in [3.05, 3.63) is 0 Å². The average Bonchev–Trinajstić information content (AvgIpc) is 2.50. The lowest BCUT2D eigenvalue weighted by atomic mass is 10.2. The van der Waals surface area contributed by atoms with E-state index in [1.54, 1.807) is 0 Å². The summed E-state index contributed by atoms with van der Waals surface area (Å²) in [6.45, 7) is 23.9. The van der Waals surface area contributed by atoms with Crippen LogP contribution in [0.25, 0.3) is 0 Å². The van der Waals surface area contributed by atoms with Crippen LogP contribution in [0, 0.1) is 11.8 Å². The molecule has 3 nitrogen and oxygen atoms in total. The van der Waals surface area contributed by atoms with Crippen molar-refractivity contribution in [3.8, 4) is 0 Å². The van der Waals surface area contributed by atoms with Gasteiger partial charge in [-0.05, 0) is 50.7 Å². The lowest BCUT2D eigenvalue weighted by molar-refractivity contribution is 0.241. The van der Waals surface area contributed by atoms with Gasteiger partial charge in [0.15, 0.2) is 0 Å². The van der Waals surface area contributed by atoms with E-state index < -0.39 is 0 Å². The molecule has 2 saturated heterocycles. The lowest BCUT2D eigenvalue weighted by Gasteiger charge is -2.26. The van der Waals surface area contributed by atoms with E-state index in [0.717, 1.165) is 11.8 Å². The van der Waals surface area contributed by atoms with Gasteiger partial charge in [-0.15, -0.1) is 0 Å². The minimum Gasteiger partial charge on any atom is -0.317 e. The van der Waals surface area contributed by atoms with Crippen LogP contribution >= 0.6 is 0 Å².